The maximum Gasteiger partial charge on any atom is 0.256 e. The molecule has 0 saturated carbocycles. The van der Waals surface area contributed by atoms with Crippen molar-refractivity contribution in [1.82, 2.24) is 15.2 Å². The normalized spacial score (nSPS) is 20.8. The van der Waals surface area contributed by atoms with Gasteiger partial charge in [0, 0.05) is 24.2 Å². The zero-order chi connectivity index (χ0) is 15.1. The number of carbonyl (C=O) groups is 1. The smallest absolute Gasteiger partial charge is 0.256 e. The quantitative estimate of drug-likeness (QED) is 0.893. The third-order valence-corrected chi connectivity index (χ3v) is 5.49. The van der Waals surface area contributed by atoms with Crippen LogP contribution < -0.4 is 10.6 Å². The number of thiophene rings is 1. The Kier molecular flexibility index (Phi) is 3.35. The lowest BCUT2D eigenvalue weighted by molar-refractivity contribution is 0.0934. The lowest BCUT2D eigenvalue weighted by Crippen LogP contribution is -2.39. The maximum atomic E-state index is 12.6. The van der Waals surface area contributed by atoms with Gasteiger partial charge < -0.3 is 10.6 Å². The molecular weight excluding hydrogens is 296 g/mol. The summed E-state index contributed by atoms with van der Waals surface area (Å²) in [4.78, 5) is 20.6. The Morgan fingerprint density at radius 2 is 2.32 bits per heavy atom. The highest BCUT2D eigenvalue weighted by atomic mass is 32.1. The molecule has 1 amide bonds. The topological polar surface area (TPSA) is 57.3 Å². The van der Waals surface area contributed by atoms with Crippen LogP contribution in [0.1, 0.15) is 39.6 Å². The highest BCUT2D eigenvalue weighted by Gasteiger charge is 2.33. The summed E-state index contributed by atoms with van der Waals surface area (Å²) in [6.45, 7) is 5.22. The highest BCUT2D eigenvalue weighted by molar-refractivity contribution is 7.16. The number of hydrogen-bond donors (Lipinski definition) is 2. The number of carbonyl (C=O) groups excluding carboxylic acids is 1. The van der Waals surface area contributed by atoms with Gasteiger partial charge in [-0.15, -0.1) is 11.3 Å². The second-order valence-electron chi connectivity index (χ2n) is 5.63. The predicted molar refractivity (Wildman–Crippen MR) is 87.0 cm³/mol. The predicted octanol–water partition coefficient (Wildman–Crippen LogP) is 2.38. The highest BCUT2D eigenvalue weighted by Crippen LogP contribution is 2.40. The minimum absolute atomic E-state index is 0.0202. The molecule has 0 fully saturated rings. The second-order valence-corrected chi connectivity index (χ2v) is 6.74. The van der Waals surface area contributed by atoms with Crippen molar-refractivity contribution < 1.29 is 4.79 Å². The summed E-state index contributed by atoms with van der Waals surface area (Å²) in [6.07, 6.45) is 2.46. The van der Waals surface area contributed by atoms with Crippen LogP contribution in [0.15, 0.2) is 24.4 Å². The fourth-order valence-electron chi connectivity index (χ4n) is 3.13. The summed E-state index contributed by atoms with van der Waals surface area (Å²) in [5, 5.41) is 7.46. The Morgan fingerprint density at radius 3 is 3.09 bits per heavy atom. The van der Waals surface area contributed by atoms with Crippen molar-refractivity contribution in [1.29, 1.82) is 0 Å². The van der Waals surface area contributed by atoms with E-state index in [0.29, 0.717) is 0 Å². The molecule has 1 atom stereocenters. The Morgan fingerprint density at radius 1 is 1.41 bits per heavy atom. The Bertz CT molecular complexity index is 712. The Labute approximate surface area is 133 Å². The van der Waals surface area contributed by atoms with E-state index in [1.807, 2.05) is 18.2 Å². The third-order valence-electron chi connectivity index (χ3n) is 4.34. The first kappa shape index (κ1) is 13.7. The Hall–Kier alpha value is -1.92. The number of rotatable bonds is 2. The molecule has 2 aliphatic rings. The summed E-state index contributed by atoms with van der Waals surface area (Å²) < 4.78 is 0. The van der Waals surface area contributed by atoms with Gasteiger partial charge in [0.15, 0.2) is 0 Å². The summed E-state index contributed by atoms with van der Waals surface area (Å²) in [5.41, 5.74) is 2.92. The van der Waals surface area contributed by atoms with Gasteiger partial charge in [0.2, 0.25) is 0 Å². The first-order valence-corrected chi connectivity index (χ1v) is 8.43. The maximum absolute atomic E-state index is 12.6. The van der Waals surface area contributed by atoms with Crippen LogP contribution in [0.5, 0.6) is 0 Å². The number of hydrogen-bond acceptors (Lipinski definition) is 5. The van der Waals surface area contributed by atoms with E-state index in [0.717, 1.165) is 42.3 Å². The third kappa shape index (κ3) is 2.19. The molecule has 0 unspecified atom stereocenters. The van der Waals surface area contributed by atoms with Crippen molar-refractivity contribution in [3.8, 4) is 0 Å². The van der Waals surface area contributed by atoms with Crippen molar-refractivity contribution in [2.24, 2.45) is 0 Å². The van der Waals surface area contributed by atoms with Gasteiger partial charge in [0.25, 0.3) is 5.91 Å². The van der Waals surface area contributed by atoms with Gasteiger partial charge in [0.05, 0.1) is 11.3 Å². The fourth-order valence-corrected chi connectivity index (χ4v) is 4.45. The lowest BCUT2D eigenvalue weighted by atomic mass is 10.0. The van der Waals surface area contributed by atoms with E-state index in [1.54, 1.807) is 17.5 Å². The van der Waals surface area contributed by atoms with E-state index < -0.39 is 0 Å². The standard InChI is InChI=1S/C16H18N4OS/c1-2-20-8-6-10-12(9-20)22-16-13(10)15(21)18-14(19-16)11-5-3-4-7-17-11/h3-5,7,14,19H,2,6,8-9H2,1H3,(H,18,21)/t14-/m0/s1. The molecular formula is C16H18N4OS. The molecule has 0 aromatic carbocycles. The number of likely N-dealkylation sites (N-methyl/N-ethyl adjacent to an activating group) is 1. The average molecular weight is 314 g/mol. The zero-order valence-electron chi connectivity index (χ0n) is 12.4. The van der Waals surface area contributed by atoms with E-state index in [1.165, 1.54) is 10.4 Å². The molecule has 4 rings (SSSR count). The van der Waals surface area contributed by atoms with Crippen LogP contribution in [0.25, 0.3) is 0 Å². The molecule has 2 N–H and O–H groups in total. The van der Waals surface area contributed by atoms with Crippen LogP contribution in [0.3, 0.4) is 0 Å². The number of fused-ring (bicyclic) bond motifs is 3. The van der Waals surface area contributed by atoms with E-state index >= 15 is 0 Å². The van der Waals surface area contributed by atoms with Gasteiger partial charge in [-0.1, -0.05) is 13.0 Å². The van der Waals surface area contributed by atoms with Gasteiger partial charge in [-0.3, -0.25) is 14.7 Å². The number of aromatic nitrogens is 1. The first-order valence-electron chi connectivity index (χ1n) is 7.61. The minimum Gasteiger partial charge on any atom is -0.351 e. The molecule has 22 heavy (non-hydrogen) atoms. The summed E-state index contributed by atoms with van der Waals surface area (Å²) in [7, 11) is 0. The number of amides is 1. The lowest BCUT2D eigenvalue weighted by Gasteiger charge is -2.27. The van der Waals surface area contributed by atoms with Crippen LogP contribution >= 0.6 is 11.3 Å². The van der Waals surface area contributed by atoms with E-state index in [2.05, 4.69) is 27.4 Å². The van der Waals surface area contributed by atoms with Crippen LogP contribution in [-0.2, 0) is 13.0 Å². The van der Waals surface area contributed by atoms with Crippen LogP contribution in [-0.4, -0.2) is 28.9 Å². The monoisotopic (exact) mass is 314 g/mol. The molecule has 0 radical (unpaired) electrons. The molecule has 4 heterocycles. The molecule has 0 spiro atoms. The molecule has 0 aliphatic carbocycles. The van der Waals surface area contributed by atoms with Gasteiger partial charge >= 0.3 is 0 Å². The largest absolute Gasteiger partial charge is 0.351 e. The summed E-state index contributed by atoms with van der Waals surface area (Å²) in [6, 6.07) is 5.74. The number of nitrogens with zero attached hydrogens (tertiary/aromatic N) is 2. The van der Waals surface area contributed by atoms with Gasteiger partial charge in [-0.25, -0.2) is 0 Å². The van der Waals surface area contributed by atoms with Crippen LogP contribution in [0.4, 0.5) is 5.00 Å². The summed E-state index contributed by atoms with van der Waals surface area (Å²) in [5.74, 6) is 0.0202. The number of nitrogens with one attached hydrogen (secondary N) is 2. The molecule has 2 aromatic heterocycles. The molecule has 0 bridgehead atoms. The van der Waals surface area contributed by atoms with E-state index in [-0.39, 0.29) is 12.1 Å². The molecule has 2 aliphatic heterocycles. The van der Waals surface area contributed by atoms with E-state index in [9.17, 15) is 4.79 Å². The van der Waals surface area contributed by atoms with Crippen LogP contribution in [0.2, 0.25) is 0 Å². The second kappa shape index (κ2) is 5.37. The van der Waals surface area contributed by atoms with Crippen molar-refractivity contribution in [2.45, 2.75) is 26.1 Å². The summed E-state index contributed by atoms with van der Waals surface area (Å²) >= 11 is 1.72. The number of anilines is 1. The van der Waals surface area contributed by atoms with Crippen LogP contribution in [0, 0.1) is 0 Å². The molecule has 6 heteroatoms. The minimum atomic E-state index is -0.247. The van der Waals surface area contributed by atoms with Gasteiger partial charge in [-0.05, 0) is 30.7 Å². The Balaban J connectivity index is 1.68. The molecule has 114 valence electrons. The van der Waals surface area contributed by atoms with Crippen molar-refractivity contribution in [3.05, 3.63) is 46.1 Å². The number of pyridine rings is 1. The first-order chi connectivity index (χ1) is 10.8. The van der Waals surface area contributed by atoms with Crippen molar-refractivity contribution in [2.75, 3.05) is 18.4 Å². The molecule has 0 saturated heterocycles. The SMILES string of the molecule is CCN1CCc2c(sc3c2C(=O)N[C@H](c2ccccn2)N3)C1. The van der Waals surface area contributed by atoms with Crippen molar-refractivity contribution in [3.63, 3.8) is 0 Å². The molecule has 2 aromatic rings. The fraction of sp³-hybridized carbons (Fsp3) is 0.375. The average Bonchev–Trinajstić information content (AvgIpc) is 2.93. The zero-order valence-corrected chi connectivity index (χ0v) is 13.2. The van der Waals surface area contributed by atoms with Gasteiger partial charge in [-0.2, -0.15) is 0 Å². The van der Waals surface area contributed by atoms with Crippen molar-refractivity contribution >= 4 is 22.2 Å². The van der Waals surface area contributed by atoms with Gasteiger partial charge in [0.1, 0.15) is 11.2 Å². The van der Waals surface area contributed by atoms with E-state index in [4.69, 9.17) is 0 Å². The molecule has 5 nitrogen and oxygen atoms in total.